The van der Waals surface area contributed by atoms with Crippen LogP contribution in [0.15, 0.2) is 37.1 Å². The quantitative estimate of drug-likeness (QED) is 0.323. The van der Waals surface area contributed by atoms with E-state index < -0.39 is 5.82 Å². The van der Waals surface area contributed by atoms with Crippen molar-refractivity contribution >= 4 is 51.1 Å². The highest BCUT2D eigenvalue weighted by molar-refractivity contribution is 6.35. The number of likely N-dealkylation sites (N-methyl/N-ethyl adjacent to an activating group) is 1. The minimum atomic E-state index is -0.454. The standard InChI is InChI=1S/C31H34ClFN8O/c1-6-23(42)41-16-31(17-41)9-10-39(15-31)29-21-11-22(32)25(24-18(2)7-8-19-12-34-38(5)28(19)24)26(33)27(21)35-30(36-29)40-13-20(14-40)37(3)4/h6-8,11-12,20H,1,9-10,13-17H2,2-5H3. The highest BCUT2D eigenvalue weighted by Crippen LogP contribution is 2.46. The lowest BCUT2D eigenvalue weighted by Crippen LogP contribution is -2.59. The van der Waals surface area contributed by atoms with E-state index in [0.29, 0.717) is 46.9 Å². The molecular weight excluding hydrogens is 555 g/mol. The maximum atomic E-state index is 16.9. The minimum Gasteiger partial charge on any atom is -0.355 e. The number of hydrogen-bond acceptors (Lipinski definition) is 7. The van der Waals surface area contributed by atoms with Gasteiger partial charge in [0.2, 0.25) is 11.9 Å². The Morgan fingerprint density at radius 2 is 1.93 bits per heavy atom. The number of nitrogens with zero attached hydrogens (tertiary/aromatic N) is 8. The van der Waals surface area contributed by atoms with Gasteiger partial charge in [0.1, 0.15) is 11.3 Å². The lowest BCUT2D eigenvalue weighted by molar-refractivity contribution is -0.136. The molecule has 0 aliphatic carbocycles. The molecule has 0 bridgehead atoms. The van der Waals surface area contributed by atoms with E-state index >= 15 is 4.39 Å². The first-order valence-electron chi connectivity index (χ1n) is 14.3. The Morgan fingerprint density at radius 1 is 1.17 bits per heavy atom. The zero-order valence-corrected chi connectivity index (χ0v) is 25.1. The molecule has 1 spiro atoms. The Bertz CT molecular complexity index is 1770. The molecule has 0 atom stereocenters. The zero-order valence-electron chi connectivity index (χ0n) is 24.4. The predicted molar refractivity (Wildman–Crippen MR) is 165 cm³/mol. The van der Waals surface area contributed by atoms with Gasteiger partial charge in [-0.15, -0.1) is 0 Å². The molecule has 2 aromatic carbocycles. The van der Waals surface area contributed by atoms with E-state index in [4.69, 9.17) is 21.6 Å². The third-order valence-corrected chi connectivity index (χ3v) is 9.66. The summed E-state index contributed by atoms with van der Waals surface area (Å²) >= 11 is 6.96. The number of carbonyl (C=O) groups excluding carboxylic acids is 1. The lowest BCUT2D eigenvalue weighted by Gasteiger charge is -2.47. The van der Waals surface area contributed by atoms with Gasteiger partial charge in [0.05, 0.1) is 16.7 Å². The lowest BCUT2D eigenvalue weighted by atomic mass is 9.79. The van der Waals surface area contributed by atoms with E-state index in [0.717, 1.165) is 54.6 Å². The van der Waals surface area contributed by atoms with Gasteiger partial charge in [-0.25, -0.2) is 9.37 Å². The van der Waals surface area contributed by atoms with Crippen LogP contribution >= 0.6 is 11.6 Å². The Kier molecular flexibility index (Phi) is 6.22. The van der Waals surface area contributed by atoms with Gasteiger partial charge in [0.15, 0.2) is 5.82 Å². The van der Waals surface area contributed by atoms with Gasteiger partial charge in [0, 0.05) is 79.7 Å². The smallest absolute Gasteiger partial charge is 0.245 e. The number of anilines is 2. The van der Waals surface area contributed by atoms with Crippen molar-refractivity contribution in [3.05, 3.63) is 53.5 Å². The summed E-state index contributed by atoms with van der Waals surface area (Å²) in [5.41, 5.74) is 3.04. The Labute approximate surface area is 249 Å². The molecule has 4 aromatic rings. The maximum Gasteiger partial charge on any atom is 0.245 e. The molecule has 42 heavy (non-hydrogen) atoms. The first-order chi connectivity index (χ1) is 20.1. The van der Waals surface area contributed by atoms with Gasteiger partial charge in [-0.05, 0) is 45.1 Å². The minimum absolute atomic E-state index is 0.00253. The van der Waals surface area contributed by atoms with Crippen LogP contribution in [-0.2, 0) is 11.8 Å². The SMILES string of the molecule is C=CC(=O)N1CC2(CCN(c3nc(N4CC(N(C)C)C4)nc4c(F)c(-c5c(C)ccc6cnn(C)c56)c(Cl)cc34)C2)C1. The highest BCUT2D eigenvalue weighted by atomic mass is 35.5. The monoisotopic (exact) mass is 588 g/mol. The number of carbonyl (C=O) groups is 1. The first kappa shape index (κ1) is 27.1. The van der Waals surface area contributed by atoms with Crippen molar-refractivity contribution in [3.63, 3.8) is 0 Å². The van der Waals surface area contributed by atoms with Crippen LogP contribution in [-0.4, -0.2) is 94.9 Å². The summed E-state index contributed by atoms with van der Waals surface area (Å²) in [5.74, 6) is 0.721. The fourth-order valence-electron chi connectivity index (χ4n) is 6.83. The molecule has 1 amide bonds. The van der Waals surface area contributed by atoms with Gasteiger partial charge >= 0.3 is 0 Å². The largest absolute Gasteiger partial charge is 0.355 e. The van der Waals surface area contributed by atoms with Crippen LogP contribution in [0, 0.1) is 18.2 Å². The number of fused-ring (bicyclic) bond motifs is 2. The molecule has 0 unspecified atom stereocenters. The van der Waals surface area contributed by atoms with Crippen LogP contribution in [0.4, 0.5) is 16.2 Å². The number of halogens is 2. The molecule has 2 aromatic heterocycles. The molecule has 0 N–H and O–H groups in total. The number of likely N-dealkylation sites (tertiary alicyclic amines) is 1. The highest BCUT2D eigenvalue weighted by Gasteiger charge is 2.49. The van der Waals surface area contributed by atoms with Crippen LogP contribution in [0.5, 0.6) is 0 Å². The van der Waals surface area contributed by atoms with E-state index in [1.165, 1.54) is 6.08 Å². The average molecular weight is 589 g/mol. The van der Waals surface area contributed by atoms with E-state index in [9.17, 15) is 4.79 Å². The second kappa shape index (κ2) is 9.64. The molecule has 3 saturated heterocycles. The van der Waals surface area contributed by atoms with Crippen LogP contribution < -0.4 is 9.80 Å². The summed E-state index contributed by atoms with van der Waals surface area (Å²) < 4.78 is 18.7. The fourth-order valence-corrected chi connectivity index (χ4v) is 7.12. The van der Waals surface area contributed by atoms with E-state index in [1.54, 1.807) is 10.9 Å². The molecule has 5 heterocycles. The van der Waals surface area contributed by atoms with Crippen molar-refractivity contribution in [1.29, 1.82) is 0 Å². The topological polar surface area (TPSA) is 73.6 Å². The maximum absolute atomic E-state index is 16.9. The third-order valence-electron chi connectivity index (χ3n) is 9.36. The summed E-state index contributed by atoms with van der Waals surface area (Å²) in [6.45, 7) is 10.00. The normalized spacial score (nSPS) is 18.4. The molecule has 0 radical (unpaired) electrons. The van der Waals surface area contributed by atoms with E-state index in [2.05, 4.69) is 40.5 Å². The zero-order chi connectivity index (χ0) is 29.5. The first-order valence-corrected chi connectivity index (χ1v) is 14.7. The second-order valence-corrected chi connectivity index (χ2v) is 12.8. The molecular formula is C31H34ClFN8O. The molecule has 11 heteroatoms. The number of aryl methyl sites for hydroxylation is 2. The molecule has 3 fully saturated rings. The molecule has 3 aliphatic rings. The average Bonchev–Trinajstić information content (AvgIpc) is 3.52. The van der Waals surface area contributed by atoms with Crippen molar-refractivity contribution in [1.82, 2.24) is 29.5 Å². The molecule has 7 rings (SSSR count). The Morgan fingerprint density at radius 3 is 2.64 bits per heavy atom. The van der Waals surface area contributed by atoms with Crippen molar-refractivity contribution < 1.29 is 9.18 Å². The summed E-state index contributed by atoms with van der Waals surface area (Å²) in [6, 6.07) is 6.17. The van der Waals surface area contributed by atoms with Crippen LogP contribution in [0.1, 0.15) is 12.0 Å². The number of hydrogen-bond donors (Lipinski definition) is 0. The predicted octanol–water partition coefficient (Wildman–Crippen LogP) is 4.26. The van der Waals surface area contributed by atoms with E-state index in [1.807, 2.05) is 37.1 Å². The summed E-state index contributed by atoms with van der Waals surface area (Å²) in [6.07, 6.45) is 4.08. The van der Waals surface area contributed by atoms with Crippen LogP contribution in [0.2, 0.25) is 5.02 Å². The number of aromatic nitrogens is 4. The number of benzene rings is 2. The van der Waals surface area contributed by atoms with Gasteiger partial charge < -0.3 is 19.6 Å². The van der Waals surface area contributed by atoms with Gasteiger partial charge in [0.25, 0.3) is 0 Å². The Balaban J connectivity index is 1.36. The summed E-state index contributed by atoms with van der Waals surface area (Å²) in [4.78, 5) is 30.3. The van der Waals surface area contributed by atoms with Crippen molar-refractivity contribution in [2.45, 2.75) is 19.4 Å². The Hall–Kier alpha value is -3.76. The third kappa shape index (κ3) is 4.06. The second-order valence-electron chi connectivity index (χ2n) is 12.3. The summed E-state index contributed by atoms with van der Waals surface area (Å²) in [7, 11) is 5.98. The van der Waals surface area contributed by atoms with Crippen LogP contribution in [0.3, 0.4) is 0 Å². The van der Waals surface area contributed by atoms with Gasteiger partial charge in [-0.3, -0.25) is 9.48 Å². The molecule has 0 saturated carbocycles. The van der Waals surface area contributed by atoms with Crippen LogP contribution in [0.25, 0.3) is 32.9 Å². The fraction of sp³-hybridized carbons (Fsp3) is 0.419. The number of amides is 1. The van der Waals surface area contributed by atoms with Crippen molar-refractivity contribution in [2.75, 3.05) is 63.2 Å². The molecule has 218 valence electrons. The summed E-state index contributed by atoms with van der Waals surface area (Å²) in [5, 5.41) is 6.24. The van der Waals surface area contributed by atoms with Gasteiger partial charge in [-0.1, -0.05) is 30.3 Å². The van der Waals surface area contributed by atoms with Gasteiger partial charge in [-0.2, -0.15) is 10.1 Å². The van der Waals surface area contributed by atoms with E-state index in [-0.39, 0.29) is 16.8 Å². The number of rotatable bonds is 5. The molecule has 3 aliphatic heterocycles. The van der Waals surface area contributed by atoms with Crippen molar-refractivity contribution in [3.8, 4) is 11.1 Å². The van der Waals surface area contributed by atoms with Crippen molar-refractivity contribution in [2.24, 2.45) is 12.5 Å². The molecule has 9 nitrogen and oxygen atoms in total.